The number of rotatable bonds is 5. The van der Waals surface area contributed by atoms with Crippen molar-refractivity contribution in [3.63, 3.8) is 0 Å². The van der Waals surface area contributed by atoms with E-state index in [1.54, 1.807) is 19.0 Å². The number of carbonyl (C=O) groups is 2. The zero-order valence-electron chi connectivity index (χ0n) is 15.1. The monoisotopic (exact) mass is 344 g/mol. The van der Waals surface area contributed by atoms with Gasteiger partial charge in [-0.1, -0.05) is 18.2 Å². The van der Waals surface area contributed by atoms with Gasteiger partial charge < -0.3 is 10.2 Å². The van der Waals surface area contributed by atoms with Crippen molar-refractivity contribution in [3.05, 3.63) is 30.3 Å². The average molecular weight is 344 g/mol. The zero-order chi connectivity index (χ0) is 17.8. The number of piperidine rings is 1. The minimum atomic E-state index is 0.0367. The molecular weight excluding hydrogens is 316 g/mol. The minimum absolute atomic E-state index is 0.0367. The quantitative estimate of drug-likeness (QED) is 0.869. The molecule has 1 N–H and O–H groups in total. The van der Waals surface area contributed by atoms with Gasteiger partial charge in [0.25, 0.3) is 0 Å². The van der Waals surface area contributed by atoms with Gasteiger partial charge in [0.1, 0.15) is 0 Å². The summed E-state index contributed by atoms with van der Waals surface area (Å²) in [6.07, 6.45) is 2.30. The lowest BCUT2D eigenvalue weighted by atomic mass is 9.95. The second-order valence-corrected chi connectivity index (χ2v) is 7.42. The van der Waals surface area contributed by atoms with E-state index in [0.29, 0.717) is 25.0 Å². The van der Waals surface area contributed by atoms with Crippen LogP contribution in [-0.4, -0.2) is 79.4 Å². The lowest BCUT2D eigenvalue weighted by molar-refractivity contribution is -0.130. The van der Waals surface area contributed by atoms with Crippen molar-refractivity contribution in [1.29, 1.82) is 0 Å². The molecule has 6 nitrogen and oxygen atoms in total. The normalized spacial score (nSPS) is 23.9. The van der Waals surface area contributed by atoms with Crippen molar-refractivity contribution in [2.45, 2.75) is 18.9 Å². The third-order valence-electron chi connectivity index (χ3n) is 5.16. The summed E-state index contributed by atoms with van der Waals surface area (Å²) in [5.41, 5.74) is 0.839. The van der Waals surface area contributed by atoms with Crippen LogP contribution in [0, 0.1) is 5.92 Å². The highest BCUT2D eigenvalue weighted by atomic mass is 16.2. The molecule has 2 atom stereocenters. The maximum absolute atomic E-state index is 12.4. The fourth-order valence-corrected chi connectivity index (χ4v) is 3.84. The van der Waals surface area contributed by atoms with Gasteiger partial charge in [0.05, 0.1) is 13.1 Å². The molecule has 25 heavy (non-hydrogen) atoms. The first-order chi connectivity index (χ1) is 12.0. The van der Waals surface area contributed by atoms with Gasteiger partial charge in [0.15, 0.2) is 0 Å². The van der Waals surface area contributed by atoms with E-state index in [0.717, 1.165) is 31.7 Å². The fourth-order valence-electron chi connectivity index (χ4n) is 3.84. The van der Waals surface area contributed by atoms with Crippen LogP contribution in [0.15, 0.2) is 30.3 Å². The summed E-state index contributed by atoms with van der Waals surface area (Å²) in [6.45, 7) is 3.66. The number of anilines is 1. The Labute approximate surface area is 149 Å². The third kappa shape index (κ3) is 4.80. The molecule has 0 radical (unpaired) electrons. The molecule has 0 aliphatic carbocycles. The fraction of sp³-hybridized carbons (Fsp3) is 0.579. The van der Waals surface area contributed by atoms with E-state index in [-0.39, 0.29) is 11.8 Å². The minimum Gasteiger partial charge on any atom is -0.348 e. The maximum atomic E-state index is 12.4. The van der Waals surface area contributed by atoms with E-state index in [1.165, 1.54) is 6.42 Å². The summed E-state index contributed by atoms with van der Waals surface area (Å²) in [5.74, 6) is 0.725. The van der Waals surface area contributed by atoms with Gasteiger partial charge in [-0.3, -0.25) is 19.4 Å². The first-order valence-electron chi connectivity index (χ1n) is 9.02. The molecule has 2 bridgehead atoms. The molecule has 1 aromatic carbocycles. The number of carbonyl (C=O) groups excluding carboxylic acids is 2. The Kier molecular flexibility index (Phi) is 5.71. The van der Waals surface area contributed by atoms with Gasteiger partial charge in [0, 0.05) is 45.5 Å². The van der Waals surface area contributed by atoms with E-state index in [4.69, 9.17) is 0 Å². The molecule has 3 fully saturated rings. The second kappa shape index (κ2) is 7.97. The number of likely N-dealkylation sites (N-methyl/N-ethyl adjacent to an activating group) is 1. The van der Waals surface area contributed by atoms with Crippen molar-refractivity contribution in [3.8, 4) is 0 Å². The van der Waals surface area contributed by atoms with Crippen LogP contribution in [0.2, 0.25) is 0 Å². The Morgan fingerprint density at radius 1 is 1.08 bits per heavy atom. The SMILES string of the molecule is CN(C)C(=O)CN1C[C@H]2CC[C@@H](C1)N(CC(=O)Nc1ccccc1)C2. The van der Waals surface area contributed by atoms with Gasteiger partial charge >= 0.3 is 0 Å². The molecule has 1 aromatic rings. The average Bonchev–Trinajstić information content (AvgIpc) is 2.86. The van der Waals surface area contributed by atoms with Crippen molar-refractivity contribution in [1.82, 2.24) is 14.7 Å². The molecule has 3 aliphatic rings. The van der Waals surface area contributed by atoms with E-state index >= 15 is 0 Å². The molecule has 3 aliphatic heterocycles. The summed E-state index contributed by atoms with van der Waals surface area (Å²) < 4.78 is 0. The molecule has 2 amide bonds. The van der Waals surface area contributed by atoms with Gasteiger partial charge in [-0.05, 0) is 30.9 Å². The van der Waals surface area contributed by atoms with Crippen molar-refractivity contribution < 1.29 is 9.59 Å². The van der Waals surface area contributed by atoms with Crippen molar-refractivity contribution in [2.24, 2.45) is 5.92 Å². The van der Waals surface area contributed by atoms with E-state index in [9.17, 15) is 9.59 Å². The summed E-state index contributed by atoms with van der Waals surface area (Å²) in [6, 6.07) is 9.94. The Hall–Kier alpha value is -1.92. The molecule has 0 spiro atoms. The molecule has 0 unspecified atom stereocenters. The van der Waals surface area contributed by atoms with Gasteiger partial charge in [-0.25, -0.2) is 0 Å². The van der Waals surface area contributed by atoms with Gasteiger partial charge in [-0.2, -0.15) is 0 Å². The van der Waals surface area contributed by atoms with Crippen LogP contribution < -0.4 is 5.32 Å². The Morgan fingerprint density at radius 3 is 2.56 bits per heavy atom. The Morgan fingerprint density at radius 2 is 1.84 bits per heavy atom. The first kappa shape index (κ1) is 17.9. The molecule has 0 saturated carbocycles. The Balaban J connectivity index is 1.57. The number of hydrogen-bond donors (Lipinski definition) is 1. The zero-order valence-corrected chi connectivity index (χ0v) is 15.1. The number of nitrogens with zero attached hydrogens (tertiary/aromatic N) is 3. The molecule has 3 heterocycles. The second-order valence-electron chi connectivity index (χ2n) is 7.42. The third-order valence-corrected chi connectivity index (χ3v) is 5.16. The topological polar surface area (TPSA) is 55.9 Å². The van der Waals surface area contributed by atoms with Crippen LogP contribution >= 0.6 is 0 Å². The molecule has 0 aromatic heterocycles. The Bertz CT molecular complexity index is 605. The van der Waals surface area contributed by atoms with Crippen molar-refractivity contribution >= 4 is 17.5 Å². The summed E-state index contributed by atoms with van der Waals surface area (Å²) in [7, 11) is 3.60. The number of benzene rings is 1. The highest BCUT2D eigenvalue weighted by Gasteiger charge is 2.36. The maximum Gasteiger partial charge on any atom is 0.238 e. The lowest BCUT2D eigenvalue weighted by Crippen LogP contribution is -2.47. The summed E-state index contributed by atoms with van der Waals surface area (Å²) >= 11 is 0. The smallest absolute Gasteiger partial charge is 0.238 e. The largest absolute Gasteiger partial charge is 0.348 e. The molecule has 4 rings (SSSR count). The number of fused-ring (bicyclic) bond motifs is 4. The summed E-state index contributed by atoms with van der Waals surface area (Å²) in [5, 5.41) is 2.97. The standard InChI is InChI=1S/C19H28N4O2/c1-21(2)19(25)14-22-10-15-8-9-17(12-22)23(11-15)13-18(24)20-16-6-4-3-5-7-16/h3-7,15,17H,8-14H2,1-2H3,(H,20,24)/t15-,17+/m1/s1. The van der Waals surface area contributed by atoms with Crippen LogP contribution in [0.4, 0.5) is 5.69 Å². The number of nitrogens with one attached hydrogen (secondary N) is 1. The van der Waals surface area contributed by atoms with Crippen LogP contribution in [0.5, 0.6) is 0 Å². The van der Waals surface area contributed by atoms with Crippen molar-refractivity contribution in [2.75, 3.05) is 52.1 Å². The number of hydrogen-bond acceptors (Lipinski definition) is 4. The molecule has 6 heteroatoms. The van der Waals surface area contributed by atoms with Crippen LogP contribution in [-0.2, 0) is 9.59 Å². The molecular formula is C19H28N4O2. The molecule has 3 saturated heterocycles. The summed E-state index contributed by atoms with van der Waals surface area (Å²) in [4.78, 5) is 30.6. The lowest BCUT2D eigenvalue weighted by Gasteiger charge is -2.35. The van der Waals surface area contributed by atoms with E-state index < -0.39 is 0 Å². The highest BCUT2D eigenvalue weighted by molar-refractivity contribution is 5.92. The molecule has 136 valence electrons. The van der Waals surface area contributed by atoms with Crippen LogP contribution in [0.1, 0.15) is 12.8 Å². The predicted octanol–water partition coefficient (Wildman–Crippen LogP) is 1.11. The van der Waals surface area contributed by atoms with Crippen LogP contribution in [0.3, 0.4) is 0 Å². The van der Waals surface area contributed by atoms with Gasteiger partial charge in [-0.15, -0.1) is 0 Å². The highest BCUT2D eigenvalue weighted by Crippen LogP contribution is 2.27. The van der Waals surface area contributed by atoms with Gasteiger partial charge in [0.2, 0.25) is 11.8 Å². The van der Waals surface area contributed by atoms with E-state index in [1.807, 2.05) is 30.3 Å². The predicted molar refractivity (Wildman–Crippen MR) is 98.3 cm³/mol. The van der Waals surface area contributed by atoms with Crippen LogP contribution in [0.25, 0.3) is 0 Å². The number of para-hydroxylation sites is 1. The first-order valence-corrected chi connectivity index (χ1v) is 9.02. The van der Waals surface area contributed by atoms with E-state index in [2.05, 4.69) is 15.1 Å². The number of amides is 2.